The van der Waals surface area contributed by atoms with Crippen molar-refractivity contribution in [3.05, 3.63) is 29.8 Å². The lowest BCUT2D eigenvalue weighted by Crippen LogP contribution is -2.31. The van der Waals surface area contributed by atoms with Crippen molar-refractivity contribution in [1.82, 2.24) is 4.72 Å². The monoisotopic (exact) mass is 264 g/mol. The number of hydrogen-bond acceptors (Lipinski definition) is 4. The summed E-state index contributed by atoms with van der Waals surface area (Å²) in [6.45, 7) is -0.385. The molecule has 17 heavy (non-hydrogen) atoms. The molecule has 0 spiro atoms. The molecule has 0 unspecified atom stereocenters. The maximum atomic E-state index is 12.8. The number of carboxylic acids is 1. The molecular formula is C9H8F2NO4S-. The number of carboxylic acid groups (broad SMARTS) is 1. The number of carbonyl (C=O) groups is 1. The number of hydrogen-bond donors (Lipinski definition) is 1. The Hall–Kier alpha value is -1.54. The van der Waals surface area contributed by atoms with Gasteiger partial charge in [-0.15, -0.1) is 0 Å². The quantitative estimate of drug-likeness (QED) is 0.768. The minimum absolute atomic E-state index is 0.385. The summed E-state index contributed by atoms with van der Waals surface area (Å²) < 4.78 is 50.2. The van der Waals surface area contributed by atoms with Gasteiger partial charge in [0, 0.05) is 18.9 Å². The van der Waals surface area contributed by atoms with Crippen LogP contribution < -0.4 is 9.83 Å². The third-order valence-electron chi connectivity index (χ3n) is 1.82. The Kier molecular flexibility index (Phi) is 4.13. The maximum Gasteiger partial charge on any atom is 0.240 e. The van der Waals surface area contributed by atoms with Crippen molar-refractivity contribution in [3.63, 3.8) is 0 Å². The van der Waals surface area contributed by atoms with E-state index in [-0.39, 0.29) is 6.54 Å². The number of carbonyl (C=O) groups excluding carboxylic acids is 1. The van der Waals surface area contributed by atoms with E-state index in [2.05, 4.69) is 0 Å². The number of nitrogens with one attached hydrogen (secondary N) is 1. The third-order valence-corrected chi connectivity index (χ3v) is 3.28. The van der Waals surface area contributed by atoms with Crippen molar-refractivity contribution in [2.75, 3.05) is 6.54 Å². The Morgan fingerprint density at radius 1 is 1.29 bits per heavy atom. The van der Waals surface area contributed by atoms with E-state index in [1.165, 1.54) is 0 Å². The van der Waals surface area contributed by atoms with Crippen molar-refractivity contribution in [1.29, 1.82) is 0 Å². The number of rotatable bonds is 5. The molecule has 1 aromatic carbocycles. The van der Waals surface area contributed by atoms with E-state index >= 15 is 0 Å². The summed E-state index contributed by atoms with van der Waals surface area (Å²) in [5.41, 5.74) is 0. The Bertz CT molecular complexity index is 530. The Morgan fingerprint density at radius 2 is 1.94 bits per heavy atom. The van der Waals surface area contributed by atoms with Gasteiger partial charge in [0.15, 0.2) is 11.6 Å². The molecule has 0 radical (unpaired) electrons. The normalized spacial score (nSPS) is 11.4. The Morgan fingerprint density at radius 3 is 2.47 bits per heavy atom. The van der Waals surface area contributed by atoms with Crippen LogP contribution in [0.5, 0.6) is 0 Å². The summed E-state index contributed by atoms with van der Waals surface area (Å²) in [7, 11) is -4.04. The topological polar surface area (TPSA) is 86.3 Å². The molecule has 0 aliphatic heterocycles. The van der Waals surface area contributed by atoms with E-state index in [9.17, 15) is 27.1 Å². The molecule has 0 aliphatic carbocycles. The number of sulfonamides is 1. The van der Waals surface area contributed by atoms with E-state index in [4.69, 9.17) is 0 Å². The van der Waals surface area contributed by atoms with Crippen molar-refractivity contribution in [3.8, 4) is 0 Å². The van der Waals surface area contributed by atoms with E-state index in [0.29, 0.717) is 12.1 Å². The predicted molar refractivity (Wildman–Crippen MR) is 51.2 cm³/mol. The maximum absolute atomic E-state index is 12.8. The summed E-state index contributed by atoms with van der Waals surface area (Å²) in [6.07, 6.45) is -0.511. The van der Waals surface area contributed by atoms with Crippen molar-refractivity contribution in [2.24, 2.45) is 0 Å². The molecule has 0 saturated heterocycles. The highest BCUT2D eigenvalue weighted by molar-refractivity contribution is 7.89. The van der Waals surface area contributed by atoms with Crippen LogP contribution in [-0.4, -0.2) is 20.9 Å². The standard InChI is InChI=1S/C9H9F2NO4S/c10-7-2-1-6(5-8(7)11)17(15,16)12-4-3-9(13)14/h1-2,5,12H,3-4H2,(H,13,14)/p-1. The molecule has 0 atom stereocenters. The van der Waals surface area contributed by atoms with E-state index in [1.54, 1.807) is 0 Å². The van der Waals surface area contributed by atoms with Gasteiger partial charge in [0.25, 0.3) is 0 Å². The van der Waals surface area contributed by atoms with Crippen LogP contribution in [-0.2, 0) is 14.8 Å². The van der Waals surface area contributed by atoms with Gasteiger partial charge >= 0.3 is 0 Å². The van der Waals surface area contributed by atoms with Crippen LogP contribution in [0.3, 0.4) is 0 Å². The molecule has 1 N–H and O–H groups in total. The van der Waals surface area contributed by atoms with Crippen molar-refractivity contribution >= 4 is 16.0 Å². The lowest BCUT2D eigenvalue weighted by atomic mass is 10.3. The Balaban J connectivity index is 2.82. The first-order valence-corrected chi connectivity index (χ1v) is 5.96. The van der Waals surface area contributed by atoms with E-state index in [1.807, 2.05) is 4.72 Å². The van der Waals surface area contributed by atoms with Crippen LogP contribution in [0, 0.1) is 11.6 Å². The molecule has 0 fully saturated rings. The zero-order valence-corrected chi connectivity index (χ0v) is 9.26. The Labute approximate surface area is 96.1 Å². The lowest BCUT2D eigenvalue weighted by molar-refractivity contribution is -0.305. The van der Waals surface area contributed by atoms with Gasteiger partial charge in [0.1, 0.15) is 0 Å². The fraction of sp³-hybridized carbons (Fsp3) is 0.222. The van der Waals surface area contributed by atoms with Gasteiger partial charge in [-0.1, -0.05) is 0 Å². The lowest BCUT2D eigenvalue weighted by Gasteiger charge is -2.07. The molecule has 1 rings (SSSR count). The summed E-state index contributed by atoms with van der Waals surface area (Å²) in [5.74, 6) is -3.88. The van der Waals surface area contributed by atoms with Crippen LogP contribution >= 0.6 is 0 Å². The third kappa shape index (κ3) is 3.75. The molecule has 8 heteroatoms. The molecule has 0 aromatic heterocycles. The van der Waals surface area contributed by atoms with Crippen molar-refractivity contribution in [2.45, 2.75) is 11.3 Å². The summed E-state index contributed by atoms with van der Waals surface area (Å²) in [6, 6.07) is 2.05. The summed E-state index contributed by atoms with van der Waals surface area (Å²) >= 11 is 0. The van der Waals surface area contributed by atoms with Crippen LogP contribution in [0.2, 0.25) is 0 Å². The first-order chi connectivity index (χ1) is 7.83. The van der Waals surface area contributed by atoms with Crippen molar-refractivity contribution < 1.29 is 27.1 Å². The second-order valence-electron chi connectivity index (χ2n) is 3.10. The van der Waals surface area contributed by atoms with Crippen LogP contribution in [0.4, 0.5) is 8.78 Å². The highest BCUT2D eigenvalue weighted by atomic mass is 32.2. The highest BCUT2D eigenvalue weighted by Gasteiger charge is 2.15. The number of benzene rings is 1. The molecule has 0 bridgehead atoms. The molecule has 0 saturated carbocycles. The predicted octanol–water partition coefficient (Wildman–Crippen LogP) is -0.617. The fourth-order valence-corrected chi connectivity index (χ4v) is 2.06. The summed E-state index contributed by atoms with van der Waals surface area (Å²) in [4.78, 5) is 9.59. The second kappa shape index (κ2) is 5.19. The van der Waals surface area contributed by atoms with E-state index < -0.39 is 38.9 Å². The first-order valence-electron chi connectivity index (χ1n) is 4.47. The highest BCUT2D eigenvalue weighted by Crippen LogP contribution is 2.13. The van der Waals surface area contributed by atoms with Gasteiger partial charge < -0.3 is 9.90 Å². The molecular weight excluding hydrogens is 256 g/mol. The van der Waals surface area contributed by atoms with Gasteiger partial charge in [-0.25, -0.2) is 21.9 Å². The molecule has 94 valence electrons. The second-order valence-corrected chi connectivity index (χ2v) is 4.86. The molecule has 0 aliphatic rings. The van der Waals surface area contributed by atoms with Gasteiger partial charge in [-0.3, -0.25) is 0 Å². The summed E-state index contributed by atoms with van der Waals surface area (Å²) in [5, 5.41) is 10.1. The average molecular weight is 264 g/mol. The average Bonchev–Trinajstić information content (AvgIpc) is 2.21. The number of halogens is 2. The SMILES string of the molecule is O=C([O-])CCNS(=O)(=O)c1ccc(F)c(F)c1. The zero-order chi connectivity index (χ0) is 13.1. The molecule has 0 amide bonds. The molecule has 0 heterocycles. The molecule has 5 nitrogen and oxygen atoms in total. The van der Waals surface area contributed by atoms with Crippen LogP contribution in [0.25, 0.3) is 0 Å². The van der Waals surface area contributed by atoms with Gasteiger partial charge in [-0.05, 0) is 18.2 Å². The van der Waals surface area contributed by atoms with Crippen LogP contribution in [0.15, 0.2) is 23.1 Å². The van der Waals surface area contributed by atoms with E-state index in [0.717, 1.165) is 6.07 Å². The van der Waals surface area contributed by atoms with Gasteiger partial charge in [0.2, 0.25) is 10.0 Å². The zero-order valence-electron chi connectivity index (χ0n) is 8.44. The minimum Gasteiger partial charge on any atom is -0.550 e. The smallest absolute Gasteiger partial charge is 0.240 e. The van der Waals surface area contributed by atoms with Gasteiger partial charge in [0.05, 0.1) is 4.90 Å². The number of aliphatic carboxylic acids is 1. The minimum atomic E-state index is -4.04. The van der Waals surface area contributed by atoms with Gasteiger partial charge in [-0.2, -0.15) is 0 Å². The fourth-order valence-electron chi connectivity index (χ4n) is 1.01. The largest absolute Gasteiger partial charge is 0.550 e. The first kappa shape index (κ1) is 13.5. The van der Waals surface area contributed by atoms with Crippen LogP contribution in [0.1, 0.15) is 6.42 Å². The molecule has 1 aromatic rings.